The van der Waals surface area contributed by atoms with Crippen LogP contribution in [0.5, 0.6) is 5.75 Å². The van der Waals surface area contributed by atoms with Gasteiger partial charge in [-0.15, -0.1) is 0 Å². The summed E-state index contributed by atoms with van der Waals surface area (Å²) in [5.41, 5.74) is 3.54. The Morgan fingerprint density at radius 1 is 1.20 bits per heavy atom. The molecule has 3 rings (SSSR count). The summed E-state index contributed by atoms with van der Waals surface area (Å²) in [5, 5.41) is 9.78. The molecule has 1 amide bonds. The Hall–Kier alpha value is -1.55. The number of aromatic hydroxyl groups is 1. The highest BCUT2D eigenvalue weighted by molar-refractivity contribution is 5.77. The summed E-state index contributed by atoms with van der Waals surface area (Å²) in [5.74, 6) is 1.86. The Balaban J connectivity index is 1.77. The van der Waals surface area contributed by atoms with Crippen molar-refractivity contribution in [2.24, 2.45) is 11.8 Å². The molecule has 1 saturated carbocycles. The fraction of sp³-hybridized carbons (Fsp3) is 0.667. The Morgan fingerprint density at radius 3 is 2.40 bits per heavy atom. The van der Waals surface area contributed by atoms with Gasteiger partial charge in [-0.1, -0.05) is 13.8 Å². The van der Waals surface area contributed by atoms with Crippen LogP contribution >= 0.6 is 0 Å². The minimum absolute atomic E-state index is 0.299. The minimum Gasteiger partial charge on any atom is -0.508 e. The predicted octanol–water partition coefficient (Wildman–Crippen LogP) is 3.48. The number of aryl methyl sites for hydroxylation is 2. The third-order valence-electron chi connectivity index (χ3n) is 5.79. The van der Waals surface area contributed by atoms with E-state index in [1.807, 2.05) is 12.1 Å². The van der Waals surface area contributed by atoms with E-state index in [-0.39, 0.29) is 0 Å². The van der Waals surface area contributed by atoms with Crippen molar-refractivity contribution in [3.05, 3.63) is 28.8 Å². The summed E-state index contributed by atoms with van der Waals surface area (Å²) < 4.78 is 0. The van der Waals surface area contributed by atoms with Gasteiger partial charge < -0.3 is 10.0 Å². The first-order chi connectivity index (χ1) is 11.8. The van der Waals surface area contributed by atoms with E-state index >= 15 is 0 Å². The number of hydrogen-bond donors (Lipinski definition) is 1. The monoisotopic (exact) mass is 344 g/mol. The van der Waals surface area contributed by atoms with Gasteiger partial charge in [-0.05, 0) is 67.3 Å². The maximum atomic E-state index is 12.7. The molecule has 2 fully saturated rings. The molecule has 1 aliphatic carbocycles. The number of carbonyl (C=O) groups excluding carboxylic acids is 1. The third-order valence-corrected chi connectivity index (χ3v) is 5.79. The number of amides is 1. The molecule has 138 valence electrons. The molecular formula is C21H32N2O2. The molecule has 1 N–H and O–H groups in total. The van der Waals surface area contributed by atoms with E-state index in [2.05, 4.69) is 37.5 Å². The smallest absolute Gasteiger partial charge is 0.224 e. The molecule has 0 unspecified atom stereocenters. The van der Waals surface area contributed by atoms with E-state index in [1.165, 1.54) is 18.4 Å². The lowest BCUT2D eigenvalue weighted by Gasteiger charge is -2.35. The summed E-state index contributed by atoms with van der Waals surface area (Å²) in [6, 6.07) is 3.98. The predicted molar refractivity (Wildman–Crippen MR) is 101 cm³/mol. The zero-order valence-electron chi connectivity index (χ0n) is 16.1. The van der Waals surface area contributed by atoms with Crippen LogP contribution in [0.2, 0.25) is 0 Å². The Labute approximate surface area is 151 Å². The topological polar surface area (TPSA) is 43.8 Å². The summed E-state index contributed by atoms with van der Waals surface area (Å²) in [7, 11) is 0. The second-order valence-electron chi connectivity index (χ2n) is 8.34. The lowest BCUT2D eigenvalue weighted by molar-refractivity contribution is -0.133. The number of phenols is 1. The van der Waals surface area contributed by atoms with Crippen LogP contribution in [0.1, 0.15) is 49.8 Å². The van der Waals surface area contributed by atoms with E-state index in [0.29, 0.717) is 30.0 Å². The van der Waals surface area contributed by atoms with Gasteiger partial charge in [0.25, 0.3) is 0 Å². The van der Waals surface area contributed by atoms with Gasteiger partial charge in [0.05, 0.1) is 0 Å². The van der Waals surface area contributed by atoms with Crippen molar-refractivity contribution >= 4 is 5.91 Å². The van der Waals surface area contributed by atoms with Crippen molar-refractivity contribution in [1.82, 2.24) is 9.80 Å². The third kappa shape index (κ3) is 4.35. The van der Waals surface area contributed by atoms with Crippen molar-refractivity contribution in [3.63, 3.8) is 0 Å². The van der Waals surface area contributed by atoms with Crippen LogP contribution in [0.4, 0.5) is 0 Å². The van der Waals surface area contributed by atoms with Crippen LogP contribution in [0.3, 0.4) is 0 Å². The lowest BCUT2D eigenvalue weighted by Crippen LogP contribution is -2.47. The zero-order valence-corrected chi connectivity index (χ0v) is 16.1. The molecule has 2 aliphatic rings. The number of phenolic OH excluding ortho intramolecular Hbond substituents is 1. The minimum atomic E-state index is 0.299. The van der Waals surface area contributed by atoms with Gasteiger partial charge in [-0.3, -0.25) is 9.69 Å². The molecule has 25 heavy (non-hydrogen) atoms. The normalized spacial score (nSPS) is 22.5. The first kappa shape index (κ1) is 18.2. The average molecular weight is 344 g/mol. The van der Waals surface area contributed by atoms with Crippen molar-refractivity contribution < 1.29 is 9.90 Å². The van der Waals surface area contributed by atoms with E-state index in [0.717, 1.165) is 43.2 Å². The fourth-order valence-electron chi connectivity index (χ4n) is 4.01. The molecule has 0 bridgehead atoms. The lowest BCUT2D eigenvalue weighted by atomic mass is 9.99. The molecule has 1 aliphatic heterocycles. The van der Waals surface area contributed by atoms with Crippen LogP contribution in [0, 0.1) is 25.7 Å². The Kier molecular flexibility index (Phi) is 5.38. The summed E-state index contributed by atoms with van der Waals surface area (Å²) >= 11 is 0. The quantitative estimate of drug-likeness (QED) is 0.889. The summed E-state index contributed by atoms with van der Waals surface area (Å²) in [6.07, 6.45) is 3.18. The molecule has 4 nitrogen and oxygen atoms in total. The molecule has 0 aromatic heterocycles. The van der Waals surface area contributed by atoms with Crippen molar-refractivity contribution in [1.29, 1.82) is 0 Å². The molecular weight excluding hydrogens is 312 g/mol. The number of hydrogen-bond acceptors (Lipinski definition) is 3. The van der Waals surface area contributed by atoms with Crippen LogP contribution in [0.25, 0.3) is 0 Å². The Bertz CT molecular complexity index is 614. The van der Waals surface area contributed by atoms with E-state index in [1.54, 1.807) is 0 Å². The van der Waals surface area contributed by atoms with Crippen molar-refractivity contribution in [3.8, 4) is 5.75 Å². The number of carbonyl (C=O) groups is 1. The molecule has 0 spiro atoms. The molecule has 4 heteroatoms. The van der Waals surface area contributed by atoms with Crippen LogP contribution < -0.4 is 0 Å². The molecule has 1 heterocycles. The van der Waals surface area contributed by atoms with Crippen molar-refractivity contribution in [2.45, 2.75) is 59.5 Å². The zero-order chi connectivity index (χ0) is 18.1. The van der Waals surface area contributed by atoms with Crippen LogP contribution in [-0.2, 0) is 11.3 Å². The highest BCUT2D eigenvalue weighted by Gasteiger charge is 2.35. The van der Waals surface area contributed by atoms with Crippen LogP contribution in [0.15, 0.2) is 12.1 Å². The maximum Gasteiger partial charge on any atom is 0.224 e. The summed E-state index contributed by atoms with van der Waals surface area (Å²) in [6.45, 7) is 12.2. The molecule has 1 atom stereocenters. The molecule has 0 radical (unpaired) electrons. The number of rotatable bonds is 5. The largest absolute Gasteiger partial charge is 0.508 e. The fourth-order valence-corrected chi connectivity index (χ4v) is 4.01. The Morgan fingerprint density at radius 2 is 1.84 bits per heavy atom. The van der Waals surface area contributed by atoms with Gasteiger partial charge in [0.1, 0.15) is 5.75 Å². The maximum absolute atomic E-state index is 12.7. The summed E-state index contributed by atoms with van der Waals surface area (Å²) in [4.78, 5) is 17.3. The van der Waals surface area contributed by atoms with Crippen LogP contribution in [-0.4, -0.2) is 46.5 Å². The van der Waals surface area contributed by atoms with Crippen molar-refractivity contribution in [2.75, 3.05) is 19.6 Å². The SMILES string of the molecule is Cc1cc(O)cc(C)c1CN1CCC(=O)N(CC2CC2)[C@H](C(C)C)C1. The standard InChI is InChI=1S/C21H32N2O2/c1-14(2)20-13-22(8-7-21(25)23(20)11-17-5-6-17)12-19-15(3)9-18(24)10-16(19)4/h9-10,14,17,20,24H,5-8,11-13H2,1-4H3/t20-/m0/s1. The first-order valence-electron chi connectivity index (χ1n) is 9.66. The van der Waals surface area contributed by atoms with E-state index in [4.69, 9.17) is 0 Å². The number of nitrogens with zero attached hydrogens (tertiary/aromatic N) is 2. The average Bonchev–Trinajstić information content (AvgIpc) is 3.34. The molecule has 1 saturated heterocycles. The second-order valence-corrected chi connectivity index (χ2v) is 8.34. The first-order valence-corrected chi connectivity index (χ1v) is 9.66. The second kappa shape index (κ2) is 7.36. The van der Waals surface area contributed by atoms with Gasteiger partial charge in [-0.25, -0.2) is 0 Å². The van der Waals surface area contributed by atoms with E-state index in [9.17, 15) is 9.90 Å². The molecule has 1 aromatic rings. The highest BCUT2D eigenvalue weighted by Crippen LogP contribution is 2.32. The van der Waals surface area contributed by atoms with Gasteiger partial charge >= 0.3 is 0 Å². The number of benzene rings is 1. The van der Waals surface area contributed by atoms with E-state index < -0.39 is 0 Å². The van der Waals surface area contributed by atoms with Gasteiger partial charge in [0, 0.05) is 38.6 Å². The highest BCUT2D eigenvalue weighted by atomic mass is 16.3. The molecule has 1 aromatic carbocycles. The van der Waals surface area contributed by atoms with Gasteiger partial charge in [0.2, 0.25) is 5.91 Å². The van der Waals surface area contributed by atoms with Gasteiger partial charge in [-0.2, -0.15) is 0 Å². The van der Waals surface area contributed by atoms with Gasteiger partial charge in [0.15, 0.2) is 0 Å².